The lowest BCUT2D eigenvalue weighted by molar-refractivity contribution is 0.0643. The van der Waals surface area contributed by atoms with Crippen LogP contribution >= 0.6 is 12.2 Å². The van der Waals surface area contributed by atoms with Crippen molar-refractivity contribution in [3.05, 3.63) is 0 Å². The predicted octanol–water partition coefficient (Wildman–Crippen LogP) is 3.74. The molecule has 1 saturated carbocycles. The molecule has 19 heavy (non-hydrogen) atoms. The molecular weight excluding hydrogens is 252 g/mol. The van der Waals surface area contributed by atoms with Gasteiger partial charge in [-0.15, -0.1) is 0 Å². The van der Waals surface area contributed by atoms with E-state index in [0.29, 0.717) is 10.4 Å². The maximum Gasteiger partial charge on any atom is 0.0784 e. The maximum atomic E-state index is 5.81. The van der Waals surface area contributed by atoms with Gasteiger partial charge in [0.1, 0.15) is 0 Å². The molecule has 2 nitrogen and oxygen atoms in total. The largest absolute Gasteiger partial charge is 0.393 e. The molecule has 1 heterocycles. The minimum absolute atomic E-state index is 0.00923. The number of hydrogen-bond donors (Lipinski definition) is 1. The summed E-state index contributed by atoms with van der Waals surface area (Å²) in [7, 11) is 0. The van der Waals surface area contributed by atoms with Gasteiger partial charge in [-0.2, -0.15) is 0 Å². The fraction of sp³-hybridized carbons (Fsp3) is 0.938. The van der Waals surface area contributed by atoms with Crippen LogP contribution in [0.1, 0.15) is 65.2 Å². The third kappa shape index (κ3) is 3.91. The number of nitrogens with zero attached hydrogens (tertiary/aromatic N) is 1. The number of thiocarbonyl (C=S) groups is 1. The quantitative estimate of drug-likeness (QED) is 0.797. The summed E-state index contributed by atoms with van der Waals surface area (Å²) in [5.74, 6) is 0. The Morgan fingerprint density at radius 2 is 1.68 bits per heavy atom. The Morgan fingerprint density at radius 1 is 1.11 bits per heavy atom. The van der Waals surface area contributed by atoms with E-state index >= 15 is 0 Å². The zero-order chi connectivity index (χ0) is 13.9. The normalized spacial score (nSPS) is 24.5. The molecule has 1 aliphatic heterocycles. The van der Waals surface area contributed by atoms with Gasteiger partial charge in [0.25, 0.3) is 0 Å². The van der Waals surface area contributed by atoms with Crippen LogP contribution < -0.4 is 5.73 Å². The molecule has 1 aliphatic carbocycles. The number of nitrogens with two attached hydrogens (primary N) is 1. The Morgan fingerprint density at radius 3 is 2.21 bits per heavy atom. The van der Waals surface area contributed by atoms with Crippen LogP contribution in [-0.4, -0.2) is 29.5 Å². The maximum absolute atomic E-state index is 5.81. The van der Waals surface area contributed by atoms with Gasteiger partial charge in [0.2, 0.25) is 0 Å². The number of piperidine rings is 1. The zero-order valence-electron chi connectivity index (χ0n) is 12.7. The van der Waals surface area contributed by atoms with Gasteiger partial charge >= 0.3 is 0 Å². The second-order valence-electron chi connectivity index (χ2n) is 7.40. The van der Waals surface area contributed by atoms with E-state index in [0.717, 1.165) is 13.0 Å². The second-order valence-corrected chi connectivity index (χ2v) is 7.84. The van der Waals surface area contributed by atoms with E-state index in [1.54, 1.807) is 0 Å². The third-order valence-corrected chi connectivity index (χ3v) is 6.10. The summed E-state index contributed by atoms with van der Waals surface area (Å²) >= 11 is 5.16. The van der Waals surface area contributed by atoms with Crippen molar-refractivity contribution >= 4 is 17.2 Å². The Labute approximate surface area is 124 Å². The Hall–Kier alpha value is -0.150. The smallest absolute Gasteiger partial charge is 0.0784 e. The average molecular weight is 282 g/mol. The average Bonchev–Trinajstić information content (AvgIpc) is 2.39. The molecule has 2 aliphatic rings. The highest BCUT2D eigenvalue weighted by atomic mass is 32.1. The summed E-state index contributed by atoms with van der Waals surface area (Å²) in [5.41, 5.74) is 6.54. The molecule has 0 aromatic heterocycles. The first-order valence-electron chi connectivity index (χ1n) is 7.96. The van der Waals surface area contributed by atoms with Gasteiger partial charge in [-0.25, -0.2) is 0 Å². The number of rotatable bonds is 4. The monoisotopic (exact) mass is 282 g/mol. The number of hydrogen-bond acceptors (Lipinski definition) is 2. The Bertz CT molecular complexity index is 309. The predicted molar refractivity (Wildman–Crippen MR) is 86.4 cm³/mol. The van der Waals surface area contributed by atoms with E-state index in [9.17, 15) is 0 Å². The van der Waals surface area contributed by atoms with Crippen molar-refractivity contribution in [2.45, 2.75) is 65.2 Å². The van der Waals surface area contributed by atoms with Crippen molar-refractivity contribution < 1.29 is 0 Å². The molecule has 0 amide bonds. The molecule has 3 heteroatoms. The summed E-state index contributed by atoms with van der Waals surface area (Å²) < 4.78 is 0. The molecule has 2 rings (SSSR count). The van der Waals surface area contributed by atoms with Gasteiger partial charge in [0.05, 0.1) is 4.99 Å². The van der Waals surface area contributed by atoms with Gasteiger partial charge < -0.3 is 10.6 Å². The van der Waals surface area contributed by atoms with Crippen molar-refractivity contribution in [3.8, 4) is 0 Å². The topological polar surface area (TPSA) is 29.3 Å². The summed E-state index contributed by atoms with van der Waals surface area (Å²) in [6.45, 7) is 8.06. The lowest BCUT2D eigenvalue weighted by Crippen LogP contribution is -2.43. The minimum Gasteiger partial charge on any atom is -0.393 e. The van der Waals surface area contributed by atoms with E-state index in [-0.39, 0.29) is 5.41 Å². The molecule has 0 atom stereocenters. The van der Waals surface area contributed by atoms with Gasteiger partial charge in [0, 0.05) is 5.41 Å². The van der Waals surface area contributed by atoms with Crippen molar-refractivity contribution in [2.75, 3.05) is 19.6 Å². The van der Waals surface area contributed by atoms with Crippen LogP contribution in [0.2, 0.25) is 0 Å². The molecule has 0 radical (unpaired) electrons. The van der Waals surface area contributed by atoms with E-state index in [1.807, 2.05) is 0 Å². The van der Waals surface area contributed by atoms with Crippen molar-refractivity contribution in [3.63, 3.8) is 0 Å². The molecule has 1 saturated heterocycles. The minimum atomic E-state index is 0.00923. The molecule has 2 fully saturated rings. The molecule has 110 valence electrons. The van der Waals surface area contributed by atoms with Gasteiger partial charge in [-0.3, -0.25) is 0 Å². The van der Waals surface area contributed by atoms with Crippen LogP contribution in [0.4, 0.5) is 0 Å². The SMILES string of the molecule is CC(C)(CCN1CCC2(CCCCC2)CC1)C(N)=S. The summed E-state index contributed by atoms with van der Waals surface area (Å²) in [6, 6.07) is 0. The summed E-state index contributed by atoms with van der Waals surface area (Å²) in [4.78, 5) is 3.29. The van der Waals surface area contributed by atoms with Gasteiger partial charge in [0.15, 0.2) is 0 Å². The summed E-state index contributed by atoms with van der Waals surface area (Å²) in [5, 5.41) is 0. The molecule has 1 spiro atoms. The molecule has 0 aromatic rings. The molecule has 0 unspecified atom stereocenters. The molecule has 2 N–H and O–H groups in total. The van der Waals surface area contributed by atoms with Crippen LogP contribution in [-0.2, 0) is 0 Å². The number of likely N-dealkylation sites (tertiary alicyclic amines) is 1. The highest BCUT2D eigenvalue weighted by Crippen LogP contribution is 2.44. The van der Waals surface area contributed by atoms with Gasteiger partial charge in [-0.1, -0.05) is 45.3 Å². The molecule has 0 aromatic carbocycles. The van der Waals surface area contributed by atoms with Crippen molar-refractivity contribution in [2.24, 2.45) is 16.6 Å². The first-order valence-corrected chi connectivity index (χ1v) is 8.37. The second kappa shape index (κ2) is 6.09. The van der Waals surface area contributed by atoms with Crippen LogP contribution in [0, 0.1) is 10.8 Å². The van der Waals surface area contributed by atoms with Crippen LogP contribution in [0.15, 0.2) is 0 Å². The zero-order valence-corrected chi connectivity index (χ0v) is 13.5. The third-order valence-electron chi connectivity index (χ3n) is 5.55. The van der Waals surface area contributed by atoms with Crippen molar-refractivity contribution in [1.29, 1.82) is 0 Å². The molecular formula is C16H30N2S. The lowest BCUT2D eigenvalue weighted by Gasteiger charge is -2.44. The van der Waals surface area contributed by atoms with Crippen molar-refractivity contribution in [1.82, 2.24) is 4.90 Å². The van der Waals surface area contributed by atoms with E-state index in [1.165, 1.54) is 58.0 Å². The van der Waals surface area contributed by atoms with E-state index in [2.05, 4.69) is 18.7 Å². The first kappa shape index (κ1) is 15.2. The Balaban J connectivity index is 1.76. The van der Waals surface area contributed by atoms with E-state index < -0.39 is 0 Å². The summed E-state index contributed by atoms with van der Waals surface area (Å²) in [6.07, 6.45) is 11.3. The van der Waals surface area contributed by atoms with Gasteiger partial charge in [-0.05, 0) is 57.2 Å². The van der Waals surface area contributed by atoms with Crippen LogP contribution in [0.3, 0.4) is 0 Å². The lowest BCUT2D eigenvalue weighted by atomic mass is 9.68. The highest BCUT2D eigenvalue weighted by molar-refractivity contribution is 7.80. The van der Waals surface area contributed by atoms with E-state index in [4.69, 9.17) is 18.0 Å². The molecule has 0 bridgehead atoms. The van der Waals surface area contributed by atoms with Crippen LogP contribution in [0.5, 0.6) is 0 Å². The van der Waals surface area contributed by atoms with Crippen LogP contribution in [0.25, 0.3) is 0 Å². The Kier molecular flexibility index (Phi) is 4.88. The first-order chi connectivity index (χ1) is 8.94. The standard InChI is InChI=1S/C16H30N2S/c1-15(2,14(17)19)8-11-18-12-9-16(10-13-18)6-4-3-5-7-16/h3-13H2,1-2H3,(H2,17,19). The fourth-order valence-electron chi connectivity index (χ4n) is 3.61. The highest BCUT2D eigenvalue weighted by Gasteiger charge is 2.35. The fourth-order valence-corrected chi connectivity index (χ4v) is 3.72.